The van der Waals surface area contributed by atoms with Gasteiger partial charge in [-0.15, -0.1) is 0 Å². The molecule has 2 aromatic carbocycles. The molecule has 19 heavy (non-hydrogen) atoms. The number of sulfonamides is 1. The molecule has 0 atom stereocenters. The molecule has 0 aliphatic heterocycles. The van der Waals surface area contributed by atoms with Crippen molar-refractivity contribution in [3.05, 3.63) is 59.7 Å². The summed E-state index contributed by atoms with van der Waals surface area (Å²) in [6.07, 6.45) is 0. The SMILES string of the molecule is Cc1cccc(S(=O)(=O)NCc2cccc(O)c2)c1. The standard InChI is InChI=1S/C14H15NO3S/c1-11-4-2-7-14(8-11)19(17,18)15-10-12-5-3-6-13(16)9-12/h2-9,15-16H,10H2,1H3. The van der Waals surface area contributed by atoms with E-state index >= 15 is 0 Å². The van der Waals surface area contributed by atoms with Gasteiger partial charge in [-0.05, 0) is 42.3 Å². The Kier molecular flexibility index (Phi) is 3.87. The van der Waals surface area contributed by atoms with Gasteiger partial charge in [-0.2, -0.15) is 0 Å². The van der Waals surface area contributed by atoms with Crippen LogP contribution in [0.5, 0.6) is 5.75 Å². The fraction of sp³-hybridized carbons (Fsp3) is 0.143. The van der Waals surface area contributed by atoms with Gasteiger partial charge in [-0.25, -0.2) is 13.1 Å². The van der Waals surface area contributed by atoms with Crippen molar-refractivity contribution in [2.45, 2.75) is 18.4 Å². The Balaban J connectivity index is 2.14. The Morgan fingerprint density at radius 3 is 2.53 bits per heavy atom. The maximum atomic E-state index is 12.1. The van der Waals surface area contributed by atoms with Crippen LogP contribution in [0.2, 0.25) is 0 Å². The fourth-order valence-corrected chi connectivity index (χ4v) is 2.83. The summed E-state index contributed by atoms with van der Waals surface area (Å²) in [6.45, 7) is 1.99. The number of hydrogen-bond acceptors (Lipinski definition) is 3. The molecule has 0 heterocycles. The summed E-state index contributed by atoms with van der Waals surface area (Å²) in [5.41, 5.74) is 1.59. The van der Waals surface area contributed by atoms with Crippen molar-refractivity contribution in [3.63, 3.8) is 0 Å². The van der Waals surface area contributed by atoms with Gasteiger partial charge in [0.2, 0.25) is 10.0 Å². The van der Waals surface area contributed by atoms with E-state index in [1.807, 2.05) is 13.0 Å². The van der Waals surface area contributed by atoms with E-state index in [9.17, 15) is 13.5 Å². The summed E-state index contributed by atoms with van der Waals surface area (Å²) >= 11 is 0. The fourth-order valence-electron chi connectivity index (χ4n) is 1.71. The highest BCUT2D eigenvalue weighted by Gasteiger charge is 2.13. The van der Waals surface area contributed by atoms with Crippen LogP contribution in [0.25, 0.3) is 0 Å². The third-order valence-electron chi connectivity index (χ3n) is 2.68. The molecule has 0 bridgehead atoms. The second-order valence-corrected chi connectivity index (χ2v) is 6.08. The molecule has 0 aliphatic carbocycles. The zero-order valence-corrected chi connectivity index (χ0v) is 11.3. The van der Waals surface area contributed by atoms with Gasteiger partial charge in [0.25, 0.3) is 0 Å². The maximum absolute atomic E-state index is 12.1. The van der Waals surface area contributed by atoms with Gasteiger partial charge in [-0.3, -0.25) is 0 Å². The number of rotatable bonds is 4. The zero-order valence-electron chi connectivity index (χ0n) is 10.5. The molecule has 0 fully saturated rings. The number of nitrogens with one attached hydrogen (secondary N) is 1. The highest BCUT2D eigenvalue weighted by molar-refractivity contribution is 7.89. The van der Waals surface area contributed by atoms with Crippen LogP contribution in [0, 0.1) is 6.92 Å². The van der Waals surface area contributed by atoms with Crippen LogP contribution < -0.4 is 4.72 Å². The first-order chi connectivity index (χ1) is 8.97. The van der Waals surface area contributed by atoms with E-state index in [4.69, 9.17) is 0 Å². The summed E-state index contributed by atoms with van der Waals surface area (Å²) < 4.78 is 26.6. The highest BCUT2D eigenvalue weighted by Crippen LogP contribution is 2.13. The number of hydrogen-bond donors (Lipinski definition) is 2. The average molecular weight is 277 g/mol. The third kappa shape index (κ3) is 3.56. The number of aryl methyl sites for hydroxylation is 1. The van der Waals surface area contributed by atoms with Crippen LogP contribution in [0.4, 0.5) is 0 Å². The highest BCUT2D eigenvalue weighted by atomic mass is 32.2. The lowest BCUT2D eigenvalue weighted by Gasteiger charge is -2.07. The molecule has 100 valence electrons. The van der Waals surface area contributed by atoms with Crippen LogP contribution >= 0.6 is 0 Å². The van der Waals surface area contributed by atoms with Crippen molar-refractivity contribution in [1.82, 2.24) is 4.72 Å². The van der Waals surface area contributed by atoms with E-state index in [-0.39, 0.29) is 17.2 Å². The van der Waals surface area contributed by atoms with Gasteiger partial charge >= 0.3 is 0 Å². The van der Waals surface area contributed by atoms with Gasteiger partial charge < -0.3 is 5.11 Å². The first-order valence-electron chi connectivity index (χ1n) is 5.82. The summed E-state index contributed by atoms with van der Waals surface area (Å²) in [5, 5.41) is 9.32. The third-order valence-corrected chi connectivity index (χ3v) is 4.08. The van der Waals surface area contributed by atoms with Crippen LogP contribution in [0.3, 0.4) is 0 Å². The lowest BCUT2D eigenvalue weighted by molar-refractivity contribution is 0.474. The normalized spacial score (nSPS) is 11.4. The number of benzene rings is 2. The Morgan fingerprint density at radius 1 is 1.11 bits per heavy atom. The van der Waals surface area contributed by atoms with Gasteiger partial charge in [0.15, 0.2) is 0 Å². The Hall–Kier alpha value is -1.85. The van der Waals surface area contributed by atoms with Gasteiger partial charge in [-0.1, -0.05) is 24.3 Å². The lowest BCUT2D eigenvalue weighted by atomic mass is 10.2. The van der Waals surface area contributed by atoms with E-state index in [2.05, 4.69) is 4.72 Å². The van der Waals surface area contributed by atoms with Crippen LogP contribution in [0.1, 0.15) is 11.1 Å². The molecule has 0 aromatic heterocycles. The van der Waals surface area contributed by atoms with Gasteiger partial charge in [0, 0.05) is 6.54 Å². The molecule has 5 heteroatoms. The summed E-state index contributed by atoms with van der Waals surface area (Å²) in [7, 11) is -3.53. The minimum Gasteiger partial charge on any atom is -0.508 e. The zero-order chi connectivity index (χ0) is 13.9. The second kappa shape index (κ2) is 5.42. The van der Waals surface area contributed by atoms with Crippen molar-refractivity contribution >= 4 is 10.0 Å². The molecule has 0 radical (unpaired) electrons. The molecule has 2 aromatic rings. The average Bonchev–Trinajstić information content (AvgIpc) is 2.37. The number of phenols is 1. The minimum atomic E-state index is -3.53. The summed E-state index contributed by atoms with van der Waals surface area (Å²) in [5.74, 6) is 0.118. The summed E-state index contributed by atoms with van der Waals surface area (Å²) in [6, 6.07) is 13.2. The molecule has 0 spiro atoms. The quantitative estimate of drug-likeness (QED) is 0.900. The monoisotopic (exact) mass is 277 g/mol. The molecular weight excluding hydrogens is 262 g/mol. The molecule has 0 saturated heterocycles. The number of aromatic hydroxyl groups is 1. The van der Waals surface area contributed by atoms with Gasteiger partial charge in [0.05, 0.1) is 4.90 Å². The molecule has 2 rings (SSSR count). The molecular formula is C14H15NO3S. The maximum Gasteiger partial charge on any atom is 0.240 e. The molecule has 4 nitrogen and oxygen atoms in total. The molecule has 0 unspecified atom stereocenters. The van der Waals surface area contributed by atoms with E-state index in [1.165, 1.54) is 6.07 Å². The Bertz CT molecular complexity index is 681. The molecule has 0 aliphatic rings. The second-order valence-electron chi connectivity index (χ2n) is 4.31. The van der Waals surface area contributed by atoms with E-state index in [0.717, 1.165) is 5.56 Å². The largest absolute Gasteiger partial charge is 0.508 e. The molecule has 0 saturated carbocycles. The van der Waals surface area contributed by atoms with Crippen LogP contribution in [0.15, 0.2) is 53.4 Å². The van der Waals surface area contributed by atoms with Crippen molar-refractivity contribution < 1.29 is 13.5 Å². The van der Waals surface area contributed by atoms with Crippen LogP contribution in [-0.4, -0.2) is 13.5 Å². The molecule has 0 amide bonds. The van der Waals surface area contributed by atoms with E-state index in [0.29, 0.717) is 5.56 Å². The van der Waals surface area contributed by atoms with Crippen molar-refractivity contribution in [2.75, 3.05) is 0 Å². The van der Waals surface area contributed by atoms with Crippen LogP contribution in [-0.2, 0) is 16.6 Å². The predicted octanol–water partition coefficient (Wildman–Crippen LogP) is 2.18. The van der Waals surface area contributed by atoms with Crippen molar-refractivity contribution in [1.29, 1.82) is 0 Å². The lowest BCUT2D eigenvalue weighted by Crippen LogP contribution is -2.23. The smallest absolute Gasteiger partial charge is 0.240 e. The number of phenolic OH excluding ortho intramolecular Hbond substituents is 1. The topological polar surface area (TPSA) is 66.4 Å². The van der Waals surface area contributed by atoms with E-state index < -0.39 is 10.0 Å². The van der Waals surface area contributed by atoms with E-state index in [1.54, 1.807) is 36.4 Å². The first kappa shape index (κ1) is 13.6. The molecule has 2 N–H and O–H groups in total. The first-order valence-corrected chi connectivity index (χ1v) is 7.30. The van der Waals surface area contributed by atoms with Crippen molar-refractivity contribution in [3.8, 4) is 5.75 Å². The van der Waals surface area contributed by atoms with Gasteiger partial charge in [0.1, 0.15) is 5.75 Å². The Morgan fingerprint density at radius 2 is 1.84 bits per heavy atom. The Labute approximate surface area is 112 Å². The summed E-state index contributed by atoms with van der Waals surface area (Å²) in [4.78, 5) is 0.243. The van der Waals surface area contributed by atoms with Crippen molar-refractivity contribution in [2.24, 2.45) is 0 Å². The minimum absolute atomic E-state index is 0.118. The predicted molar refractivity (Wildman–Crippen MR) is 73.3 cm³/mol.